The Morgan fingerprint density at radius 3 is 2.41 bits per heavy atom. The van der Waals surface area contributed by atoms with Crippen LogP contribution < -0.4 is 5.56 Å². The summed E-state index contributed by atoms with van der Waals surface area (Å²) in [5.74, 6) is -0.275. The molecule has 3 aromatic heterocycles. The molecular weight excluding hydrogens is 639 g/mol. The van der Waals surface area contributed by atoms with Crippen molar-refractivity contribution in [2.45, 2.75) is 59.3 Å². The number of aromatic nitrogens is 6. The van der Waals surface area contributed by atoms with Crippen molar-refractivity contribution >= 4 is 27.5 Å². The van der Waals surface area contributed by atoms with Gasteiger partial charge in [0.2, 0.25) is 0 Å². The second kappa shape index (κ2) is 11.0. The van der Waals surface area contributed by atoms with E-state index in [-0.39, 0.29) is 34.5 Å². The van der Waals surface area contributed by atoms with Gasteiger partial charge in [-0.25, -0.2) is 4.52 Å². The first-order valence-corrected chi connectivity index (χ1v) is 14.9. The first-order valence-electron chi connectivity index (χ1n) is 14.1. The minimum Gasteiger partial charge on any atom is -0.330 e. The van der Waals surface area contributed by atoms with Crippen LogP contribution in [0, 0.1) is 12.8 Å². The number of hydrogen-bond acceptors (Lipinski definition) is 5. The van der Waals surface area contributed by atoms with Gasteiger partial charge in [0.15, 0.2) is 0 Å². The molecule has 1 amide bonds. The third kappa shape index (κ3) is 5.23. The number of carbonyl (C=O) groups is 1. The van der Waals surface area contributed by atoms with Gasteiger partial charge in [-0.1, -0.05) is 29.8 Å². The van der Waals surface area contributed by atoms with Gasteiger partial charge in [-0.3, -0.25) is 14.2 Å². The Labute approximate surface area is 259 Å². The van der Waals surface area contributed by atoms with Crippen LogP contribution in [-0.2, 0) is 25.6 Å². The summed E-state index contributed by atoms with van der Waals surface area (Å²) < 4.78 is 44.0. The van der Waals surface area contributed by atoms with E-state index in [2.05, 4.69) is 45.1 Å². The van der Waals surface area contributed by atoms with Gasteiger partial charge in [0.25, 0.3) is 11.5 Å². The van der Waals surface area contributed by atoms with Crippen molar-refractivity contribution in [3.05, 3.63) is 103 Å². The normalized spacial score (nSPS) is 15.3. The van der Waals surface area contributed by atoms with Crippen molar-refractivity contribution in [1.82, 2.24) is 34.1 Å². The van der Waals surface area contributed by atoms with E-state index < -0.39 is 23.7 Å². The van der Waals surface area contributed by atoms with E-state index in [4.69, 9.17) is 0 Å². The average Bonchev–Trinajstić information content (AvgIpc) is 3.59. The molecule has 44 heavy (non-hydrogen) atoms. The molecule has 2 aromatic carbocycles. The van der Waals surface area contributed by atoms with Crippen LogP contribution in [0.1, 0.15) is 59.2 Å². The van der Waals surface area contributed by atoms with Gasteiger partial charge in [0.05, 0.1) is 47.3 Å². The van der Waals surface area contributed by atoms with Crippen molar-refractivity contribution in [2.24, 2.45) is 5.92 Å². The smallest absolute Gasteiger partial charge is 0.330 e. The average molecular weight is 669 g/mol. The fourth-order valence-corrected chi connectivity index (χ4v) is 6.19. The molecule has 0 spiro atoms. The molecule has 5 aromatic rings. The highest BCUT2D eigenvalue weighted by molar-refractivity contribution is 9.10. The maximum atomic E-state index is 14.3. The van der Waals surface area contributed by atoms with Crippen LogP contribution in [0.4, 0.5) is 13.2 Å². The number of benzene rings is 2. The van der Waals surface area contributed by atoms with E-state index in [1.807, 2.05) is 31.2 Å². The van der Waals surface area contributed by atoms with Crippen molar-refractivity contribution in [2.75, 3.05) is 0 Å². The second-order valence-electron chi connectivity index (χ2n) is 11.5. The molecule has 0 radical (unpaired) electrons. The third-order valence-corrected chi connectivity index (χ3v) is 8.49. The first-order chi connectivity index (χ1) is 20.8. The fraction of sp³-hybridized carbons (Fsp3) is 0.323. The number of halogens is 4. The highest BCUT2D eigenvalue weighted by Gasteiger charge is 2.36. The largest absolute Gasteiger partial charge is 0.417 e. The molecule has 9 nitrogen and oxygen atoms in total. The monoisotopic (exact) mass is 667 g/mol. The van der Waals surface area contributed by atoms with Crippen molar-refractivity contribution in [3.8, 4) is 11.4 Å². The molecule has 1 aliphatic heterocycles. The number of hydrogen-bond donors (Lipinski definition) is 0. The second-order valence-corrected chi connectivity index (χ2v) is 12.4. The molecule has 0 aliphatic carbocycles. The lowest BCUT2D eigenvalue weighted by Gasteiger charge is -2.35. The third-order valence-electron chi connectivity index (χ3n) is 7.80. The summed E-state index contributed by atoms with van der Waals surface area (Å²) in [6, 6.07) is 10.4. The fourth-order valence-electron chi connectivity index (χ4n) is 5.72. The molecule has 4 heterocycles. The zero-order valence-corrected chi connectivity index (χ0v) is 26.0. The van der Waals surface area contributed by atoms with Gasteiger partial charge < -0.3 is 4.90 Å². The highest BCUT2D eigenvalue weighted by Crippen LogP contribution is 2.36. The molecule has 228 valence electrons. The molecule has 0 unspecified atom stereocenters. The number of alkyl halides is 3. The zero-order chi connectivity index (χ0) is 31.5. The summed E-state index contributed by atoms with van der Waals surface area (Å²) in [7, 11) is 0. The molecule has 0 bridgehead atoms. The van der Waals surface area contributed by atoms with Crippen LogP contribution in [0.15, 0.2) is 64.1 Å². The minimum atomic E-state index is -4.62. The summed E-state index contributed by atoms with van der Waals surface area (Å²) in [5, 5.41) is 13.3. The van der Waals surface area contributed by atoms with Crippen LogP contribution in [0.3, 0.4) is 0 Å². The van der Waals surface area contributed by atoms with Gasteiger partial charge in [-0.15, -0.1) is 0 Å². The van der Waals surface area contributed by atoms with E-state index in [1.54, 1.807) is 28.4 Å². The molecule has 0 fully saturated rings. The zero-order valence-electron chi connectivity index (χ0n) is 24.4. The van der Waals surface area contributed by atoms with Crippen molar-refractivity contribution in [1.29, 1.82) is 0 Å². The molecule has 1 aliphatic rings. The number of nitrogens with zero attached hydrogens (tertiary/aromatic N) is 7. The number of amides is 1. The number of rotatable bonds is 5. The summed E-state index contributed by atoms with van der Waals surface area (Å²) in [6.45, 7) is 7.82. The van der Waals surface area contributed by atoms with Crippen LogP contribution in [0.5, 0.6) is 0 Å². The van der Waals surface area contributed by atoms with E-state index in [0.29, 0.717) is 29.0 Å². The maximum absolute atomic E-state index is 14.3. The lowest BCUT2D eigenvalue weighted by atomic mass is 9.97. The predicted molar refractivity (Wildman–Crippen MR) is 161 cm³/mol. The maximum Gasteiger partial charge on any atom is 0.417 e. The van der Waals surface area contributed by atoms with Crippen LogP contribution in [-0.4, -0.2) is 46.0 Å². The van der Waals surface area contributed by atoms with Gasteiger partial charge in [-0.05, 0) is 75.1 Å². The van der Waals surface area contributed by atoms with E-state index >= 15 is 0 Å². The lowest BCUT2D eigenvalue weighted by molar-refractivity contribution is -0.138. The summed E-state index contributed by atoms with van der Waals surface area (Å²) in [4.78, 5) is 30.9. The number of aryl methyl sites for hydroxylation is 1. The number of fused-ring (bicyclic) bond motifs is 3. The Morgan fingerprint density at radius 1 is 1.07 bits per heavy atom. The van der Waals surface area contributed by atoms with Gasteiger partial charge >= 0.3 is 6.18 Å². The Kier molecular flexibility index (Phi) is 7.47. The molecule has 6 rings (SSSR count). The SMILES string of the molecule is Cc1cnn(-c2ccc(-n3c(=O)c4c(n5ncc(CC(C)C)c35)CN(C(=O)c3ccc(Br)c(C(F)(F)F)c3)[C@H](C)C4)cc2)n1. The summed E-state index contributed by atoms with van der Waals surface area (Å²) >= 11 is 2.94. The minimum absolute atomic E-state index is 0.0192. The van der Waals surface area contributed by atoms with E-state index in [1.165, 1.54) is 21.8 Å². The number of carbonyl (C=O) groups excluding carboxylic acids is 1. The predicted octanol–water partition coefficient (Wildman–Crippen LogP) is 5.94. The van der Waals surface area contributed by atoms with Crippen LogP contribution in [0.25, 0.3) is 17.0 Å². The lowest BCUT2D eigenvalue weighted by Crippen LogP contribution is -2.46. The molecule has 0 saturated carbocycles. The topological polar surface area (TPSA) is 90.3 Å². The Bertz CT molecular complexity index is 1960. The van der Waals surface area contributed by atoms with Gasteiger partial charge in [0.1, 0.15) is 5.65 Å². The van der Waals surface area contributed by atoms with Crippen molar-refractivity contribution < 1.29 is 18.0 Å². The molecule has 0 saturated heterocycles. The van der Waals surface area contributed by atoms with Crippen LogP contribution >= 0.6 is 15.9 Å². The molecule has 13 heteroatoms. The highest BCUT2D eigenvalue weighted by atomic mass is 79.9. The summed E-state index contributed by atoms with van der Waals surface area (Å²) in [6.07, 6.45) is -0.344. The van der Waals surface area contributed by atoms with Gasteiger partial charge in [0, 0.05) is 27.2 Å². The molecule has 0 N–H and O–H groups in total. The Morgan fingerprint density at radius 2 is 1.77 bits per heavy atom. The Hall–Kier alpha value is -4.26. The summed E-state index contributed by atoms with van der Waals surface area (Å²) in [5.41, 5.74) is 3.45. The van der Waals surface area contributed by atoms with Crippen molar-refractivity contribution in [3.63, 3.8) is 0 Å². The standard InChI is InChI=1S/C31H29BrF3N7O2/c1-17(2)11-21-15-36-41-27-16-39(29(43)20-5-10-26(32)25(13-20)31(33,34)35)19(4)12-24(27)30(44)40(28(21)41)22-6-8-23(9-7-22)42-37-14-18(3)38-42/h5-10,13-15,17,19H,11-12,16H2,1-4H3/t19-/m1/s1. The Balaban J connectivity index is 1.46. The quantitative estimate of drug-likeness (QED) is 0.231. The first kappa shape index (κ1) is 29.8. The van der Waals surface area contributed by atoms with E-state index in [9.17, 15) is 22.8 Å². The van der Waals surface area contributed by atoms with Crippen LogP contribution in [0.2, 0.25) is 0 Å². The molecular formula is C31H29BrF3N7O2. The van der Waals surface area contributed by atoms with E-state index in [0.717, 1.165) is 23.0 Å². The molecule has 1 atom stereocenters. The van der Waals surface area contributed by atoms with Gasteiger partial charge in [-0.2, -0.15) is 33.3 Å².